The molecule has 29 heavy (non-hydrogen) atoms. The van der Waals surface area contributed by atoms with Crippen molar-refractivity contribution in [3.63, 3.8) is 0 Å². The second-order valence-corrected chi connectivity index (χ2v) is 10.7. The molecule has 4 rings (SSSR count). The quantitative estimate of drug-likeness (QED) is 0.720. The number of piperidine rings is 1. The van der Waals surface area contributed by atoms with Crippen LogP contribution in [0, 0.1) is 5.92 Å². The fourth-order valence-corrected chi connectivity index (χ4v) is 6.80. The first-order valence-electron chi connectivity index (χ1n) is 10.1. The molecule has 2 aromatic heterocycles. The number of carbonyl (C=O) groups is 1. The largest absolute Gasteiger partial charge is 0.468 e. The monoisotopic (exact) mass is 437 g/mol. The molecule has 0 unspecified atom stereocenters. The highest BCUT2D eigenvalue weighted by molar-refractivity contribution is 7.91. The van der Waals surface area contributed by atoms with Gasteiger partial charge in [-0.25, -0.2) is 8.42 Å². The zero-order chi connectivity index (χ0) is 20.3. The second-order valence-electron chi connectivity index (χ2n) is 7.63. The van der Waals surface area contributed by atoms with Crippen molar-refractivity contribution in [3.05, 3.63) is 41.7 Å². The SMILES string of the molecule is O=C(NC[C@H](c1ccco1)N1CCCC1)C1CCN(S(=O)(=O)c2cccs2)CC1. The molecule has 1 atom stereocenters. The zero-order valence-electron chi connectivity index (χ0n) is 16.3. The summed E-state index contributed by atoms with van der Waals surface area (Å²) in [5, 5.41) is 4.86. The first kappa shape index (κ1) is 20.6. The number of nitrogens with one attached hydrogen (secondary N) is 1. The molecule has 158 valence electrons. The number of likely N-dealkylation sites (tertiary alicyclic amines) is 1. The minimum Gasteiger partial charge on any atom is -0.468 e. The van der Waals surface area contributed by atoms with E-state index in [0.29, 0.717) is 36.7 Å². The maximum absolute atomic E-state index is 12.7. The summed E-state index contributed by atoms with van der Waals surface area (Å²) in [6.45, 7) is 3.30. The van der Waals surface area contributed by atoms with E-state index in [-0.39, 0.29) is 17.9 Å². The lowest BCUT2D eigenvalue weighted by molar-refractivity contribution is -0.126. The van der Waals surface area contributed by atoms with Crippen LogP contribution in [-0.2, 0) is 14.8 Å². The molecule has 2 aliphatic rings. The number of sulfonamides is 1. The number of hydrogen-bond acceptors (Lipinski definition) is 6. The van der Waals surface area contributed by atoms with Crippen molar-refractivity contribution >= 4 is 27.3 Å². The second kappa shape index (κ2) is 8.99. The Hall–Kier alpha value is -1.68. The first-order chi connectivity index (χ1) is 14.1. The van der Waals surface area contributed by atoms with Crippen LogP contribution in [0.2, 0.25) is 0 Å². The molecule has 0 aliphatic carbocycles. The third kappa shape index (κ3) is 4.58. The van der Waals surface area contributed by atoms with E-state index in [2.05, 4.69) is 10.2 Å². The lowest BCUT2D eigenvalue weighted by Gasteiger charge is -2.31. The Labute approximate surface area is 175 Å². The molecule has 2 saturated heterocycles. The molecule has 4 heterocycles. The van der Waals surface area contributed by atoms with Crippen molar-refractivity contribution in [3.8, 4) is 0 Å². The third-order valence-electron chi connectivity index (χ3n) is 5.84. The Morgan fingerprint density at radius 3 is 2.55 bits per heavy atom. The van der Waals surface area contributed by atoms with E-state index in [9.17, 15) is 13.2 Å². The molecular weight excluding hydrogens is 410 g/mol. The molecule has 9 heteroatoms. The number of amides is 1. The van der Waals surface area contributed by atoms with Crippen LogP contribution in [0.15, 0.2) is 44.5 Å². The van der Waals surface area contributed by atoms with Gasteiger partial charge in [-0.05, 0) is 62.4 Å². The first-order valence-corrected chi connectivity index (χ1v) is 12.5. The summed E-state index contributed by atoms with van der Waals surface area (Å²) in [4.78, 5) is 15.1. The van der Waals surface area contributed by atoms with Gasteiger partial charge < -0.3 is 9.73 Å². The normalized spacial score (nSPS) is 20.7. The van der Waals surface area contributed by atoms with Crippen LogP contribution < -0.4 is 5.32 Å². The van der Waals surface area contributed by atoms with Gasteiger partial charge in [0.2, 0.25) is 5.91 Å². The summed E-state index contributed by atoms with van der Waals surface area (Å²) >= 11 is 1.23. The van der Waals surface area contributed by atoms with Crippen molar-refractivity contribution in [1.82, 2.24) is 14.5 Å². The minimum atomic E-state index is -3.43. The van der Waals surface area contributed by atoms with Crippen molar-refractivity contribution in [2.45, 2.75) is 35.9 Å². The standard InChI is InChI=1S/C20H27N3O4S2/c24-20(21-15-17(18-5-3-13-27-18)22-9-1-2-10-22)16-7-11-23(12-8-16)29(25,26)19-6-4-14-28-19/h3-6,13-14,16-17H,1-2,7-12,15H2,(H,21,24)/t17-/m1/s1. The van der Waals surface area contributed by atoms with Gasteiger partial charge in [0.1, 0.15) is 9.97 Å². The lowest BCUT2D eigenvalue weighted by Crippen LogP contribution is -2.44. The van der Waals surface area contributed by atoms with Gasteiger partial charge in [0.25, 0.3) is 10.0 Å². The molecule has 0 bridgehead atoms. The van der Waals surface area contributed by atoms with Gasteiger partial charge in [-0.15, -0.1) is 11.3 Å². The van der Waals surface area contributed by atoms with E-state index in [1.54, 1.807) is 23.8 Å². The Kier molecular flexibility index (Phi) is 6.38. The van der Waals surface area contributed by atoms with Gasteiger partial charge in [-0.2, -0.15) is 4.31 Å². The van der Waals surface area contributed by atoms with Crippen LogP contribution in [0.4, 0.5) is 0 Å². The van der Waals surface area contributed by atoms with Crippen LogP contribution in [0.1, 0.15) is 37.5 Å². The Morgan fingerprint density at radius 1 is 1.17 bits per heavy atom. The van der Waals surface area contributed by atoms with Crippen molar-refractivity contribution < 1.29 is 17.6 Å². The van der Waals surface area contributed by atoms with E-state index in [4.69, 9.17) is 4.42 Å². The molecule has 0 saturated carbocycles. The van der Waals surface area contributed by atoms with Gasteiger partial charge in [-0.1, -0.05) is 6.07 Å². The van der Waals surface area contributed by atoms with Crippen LogP contribution in [-0.4, -0.2) is 56.3 Å². The average molecular weight is 438 g/mol. The van der Waals surface area contributed by atoms with Gasteiger partial charge in [0.05, 0.1) is 12.3 Å². The Bertz CT molecular complexity index is 882. The maximum atomic E-state index is 12.7. The number of thiophene rings is 1. The van der Waals surface area contributed by atoms with E-state index < -0.39 is 10.0 Å². The lowest BCUT2D eigenvalue weighted by atomic mass is 9.97. The van der Waals surface area contributed by atoms with Crippen LogP contribution in [0.3, 0.4) is 0 Å². The Morgan fingerprint density at radius 2 is 1.93 bits per heavy atom. The highest BCUT2D eigenvalue weighted by atomic mass is 32.2. The van der Waals surface area contributed by atoms with Crippen molar-refractivity contribution in [1.29, 1.82) is 0 Å². The summed E-state index contributed by atoms with van der Waals surface area (Å²) < 4.78 is 32.7. The summed E-state index contributed by atoms with van der Waals surface area (Å²) in [6, 6.07) is 7.27. The van der Waals surface area contributed by atoms with Crippen LogP contribution in [0.5, 0.6) is 0 Å². The number of carbonyl (C=O) groups excluding carboxylic acids is 1. The van der Waals surface area contributed by atoms with E-state index in [1.807, 2.05) is 12.1 Å². The number of nitrogens with zero attached hydrogens (tertiary/aromatic N) is 2. The van der Waals surface area contributed by atoms with Gasteiger partial charge >= 0.3 is 0 Å². The summed E-state index contributed by atoms with van der Waals surface area (Å²) in [6.07, 6.45) is 5.10. The van der Waals surface area contributed by atoms with Gasteiger partial charge in [-0.3, -0.25) is 9.69 Å². The Balaban J connectivity index is 1.31. The number of rotatable bonds is 7. The average Bonchev–Trinajstić information content (AvgIpc) is 3.52. The number of hydrogen-bond donors (Lipinski definition) is 1. The molecule has 2 fully saturated rings. The van der Waals surface area contributed by atoms with Gasteiger partial charge in [0.15, 0.2) is 0 Å². The molecule has 0 aromatic carbocycles. The van der Waals surface area contributed by atoms with Crippen molar-refractivity contribution in [2.24, 2.45) is 5.92 Å². The smallest absolute Gasteiger partial charge is 0.252 e. The van der Waals surface area contributed by atoms with E-state index >= 15 is 0 Å². The fraction of sp³-hybridized carbons (Fsp3) is 0.550. The molecule has 1 amide bonds. The molecule has 0 radical (unpaired) electrons. The summed E-state index contributed by atoms with van der Waals surface area (Å²) in [5.74, 6) is 0.735. The number of furan rings is 1. The summed E-state index contributed by atoms with van der Waals surface area (Å²) in [7, 11) is -3.43. The maximum Gasteiger partial charge on any atom is 0.252 e. The van der Waals surface area contributed by atoms with Crippen LogP contribution >= 0.6 is 11.3 Å². The molecule has 2 aromatic rings. The van der Waals surface area contributed by atoms with Gasteiger partial charge in [0, 0.05) is 25.6 Å². The zero-order valence-corrected chi connectivity index (χ0v) is 18.0. The van der Waals surface area contributed by atoms with Crippen LogP contribution in [0.25, 0.3) is 0 Å². The highest BCUT2D eigenvalue weighted by Crippen LogP contribution is 2.28. The predicted molar refractivity (Wildman–Crippen MR) is 111 cm³/mol. The molecule has 2 aliphatic heterocycles. The van der Waals surface area contributed by atoms with E-state index in [0.717, 1.165) is 18.8 Å². The third-order valence-corrected chi connectivity index (χ3v) is 9.11. The molecular formula is C20H27N3O4S2. The predicted octanol–water partition coefficient (Wildman–Crippen LogP) is 2.70. The topological polar surface area (TPSA) is 82.9 Å². The highest BCUT2D eigenvalue weighted by Gasteiger charge is 2.33. The molecule has 7 nitrogen and oxygen atoms in total. The minimum absolute atomic E-state index is 0.00826. The molecule has 0 spiro atoms. The van der Waals surface area contributed by atoms with Crippen molar-refractivity contribution in [2.75, 3.05) is 32.7 Å². The molecule has 1 N–H and O–H groups in total. The summed E-state index contributed by atoms with van der Waals surface area (Å²) in [5.41, 5.74) is 0. The fourth-order valence-electron chi connectivity index (χ4n) is 4.18. The van der Waals surface area contributed by atoms with E-state index in [1.165, 1.54) is 28.5 Å².